The number of carbonyl (C=O) groups is 1. The first-order chi connectivity index (χ1) is 14.8. The van der Waals surface area contributed by atoms with E-state index in [2.05, 4.69) is 44.8 Å². The number of hydrogen-bond donors (Lipinski definition) is 1. The van der Waals surface area contributed by atoms with Crippen molar-refractivity contribution in [1.29, 1.82) is 0 Å². The molecule has 2 rings (SSSR count). The molecule has 1 saturated heterocycles. The largest absolute Gasteiger partial charge is 0.494 e. The highest BCUT2D eigenvalue weighted by Crippen LogP contribution is 2.30. The summed E-state index contributed by atoms with van der Waals surface area (Å²) in [5.74, 6) is 1.51. The molecule has 0 unspecified atom stereocenters. The van der Waals surface area contributed by atoms with Crippen LogP contribution in [0.1, 0.15) is 73.1 Å². The van der Waals surface area contributed by atoms with E-state index < -0.39 is 5.60 Å². The standard InChI is InChI=1S/C26H44N2O3/c1-20(2)18-26(30-6,19-21(3)4)25(29)27-23-11-13-24(14-12-23)31-17-9-16-28-15-8-7-10-22(28)5/h11-14,20-22H,7-10,15-19H2,1-6H3,(H,27,29)/t22-/m0/s1. The second-order valence-electron chi connectivity index (χ2n) is 9.96. The molecule has 1 aliphatic rings. The predicted octanol–water partition coefficient (Wildman–Crippen LogP) is 5.75. The van der Waals surface area contributed by atoms with Crippen LogP contribution in [0.15, 0.2) is 24.3 Å². The van der Waals surface area contributed by atoms with Gasteiger partial charge in [-0.2, -0.15) is 0 Å². The summed E-state index contributed by atoms with van der Waals surface area (Å²) < 4.78 is 11.7. The van der Waals surface area contributed by atoms with Gasteiger partial charge in [0.15, 0.2) is 0 Å². The van der Waals surface area contributed by atoms with E-state index in [0.29, 0.717) is 37.3 Å². The van der Waals surface area contributed by atoms with E-state index in [1.54, 1.807) is 7.11 Å². The summed E-state index contributed by atoms with van der Waals surface area (Å²) in [6.45, 7) is 13.8. The number of nitrogens with one attached hydrogen (secondary N) is 1. The van der Waals surface area contributed by atoms with Gasteiger partial charge in [-0.15, -0.1) is 0 Å². The van der Waals surface area contributed by atoms with Crippen LogP contribution in [0.2, 0.25) is 0 Å². The van der Waals surface area contributed by atoms with Crippen molar-refractivity contribution in [2.45, 2.75) is 84.8 Å². The fourth-order valence-electron chi connectivity index (χ4n) is 4.67. The summed E-state index contributed by atoms with van der Waals surface area (Å²) in [5, 5.41) is 3.06. The minimum atomic E-state index is -0.802. The number of ether oxygens (including phenoxy) is 2. The van der Waals surface area contributed by atoms with Crippen LogP contribution in [0, 0.1) is 11.8 Å². The SMILES string of the molecule is COC(CC(C)C)(CC(C)C)C(=O)Nc1ccc(OCCCN2CCCC[C@@H]2C)cc1. The van der Waals surface area contributed by atoms with Gasteiger partial charge in [-0.25, -0.2) is 0 Å². The predicted molar refractivity (Wildman–Crippen MR) is 129 cm³/mol. The zero-order valence-corrected chi connectivity index (χ0v) is 20.6. The molecule has 5 nitrogen and oxygen atoms in total. The fraction of sp³-hybridized carbons (Fsp3) is 0.731. The molecule has 0 radical (unpaired) electrons. The lowest BCUT2D eigenvalue weighted by Crippen LogP contribution is -2.46. The summed E-state index contributed by atoms with van der Waals surface area (Å²) >= 11 is 0. The third-order valence-corrected chi connectivity index (χ3v) is 6.19. The number of benzene rings is 1. The molecule has 5 heteroatoms. The van der Waals surface area contributed by atoms with Gasteiger partial charge in [0.2, 0.25) is 0 Å². The third-order valence-electron chi connectivity index (χ3n) is 6.19. The molecule has 0 saturated carbocycles. The van der Waals surface area contributed by atoms with Crippen LogP contribution in [0.4, 0.5) is 5.69 Å². The molecule has 1 fully saturated rings. The first-order valence-electron chi connectivity index (χ1n) is 12.1. The quantitative estimate of drug-likeness (QED) is 0.428. The molecule has 1 aromatic rings. The zero-order chi connectivity index (χ0) is 22.9. The van der Waals surface area contributed by atoms with Crippen LogP contribution in [-0.2, 0) is 9.53 Å². The number of rotatable bonds is 12. The van der Waals surface area contributed by atoms with Gasteiger partial charge < -0.3 is 19.7 Å². The van der Waals surface area contributed by atoms with Gasteiger partial charge in [0, 0.05) is 25.4 Å². The van der Waals surface area contributed by atoms with Crippen LogP contribution >= 0.6 is 0 Å². The van der Waals surface area contributed by atoms with Gasteiger partial charge in [-0.05, 0) is 81.7 Å². The zero-order valence-electron chi connectivity index (χ0n) is 20.6. The molecule has 1 aromatic carbocycles. The maximum Gasteiger partial charge on any atom is 0.256 e. The number of methoxy groups -OCH3 is 1. The summed E-state index contributed by atoms with van der Waals surface area (Å²) in [7, 11) is 1.64. The van der Waals surface area contributed by atoms with Crippen molar-refractivity contribution in [3.8, 4) is 5.75 Å². The summed E-state index contributed by atoms with van der Waals surface area (Å²) in [5.41, 5.74) is -0.0308. The number of likely N-dealkylation sites (tertiary alicyclic amines) is 1. The smallest absolute Gasteiger partial charge is 0.256 e. The second kappa shape index (κ2) is 12.4. The van der Waals surface area contributed by atoms with Gasteiger partial charge in [0.25, 0.3) is 5.91 Å². The van der Waals surface area contributed by atoms with E-state index in [0.717, 1.165) is 24.4 Å². The molecule has 0 aliphatic carbocycles. The Morgan fingerprint density at radius 3 is 2.32 bits per heavy atom. The molecule has 31 heavy (non-hydrogen) atoms. The van der Waals surface area contributed by atoms with Gasteiger partial charge in [0.1, 0.15) is 11.4 Å². The fourth-order valence-corrected chi connectivity index (χ4v) is 4.67. The third kappa shape index (κ3) is 8.12. The van der Waals surface area contributed by atoms with Crippen molar-refractivity contribution in [3.63, 3.8) is 0 Å². The Morgan fingerprint density at radius 2 is 1.77 bits per heavy atom. The van der Waals surface area contributed by atoms with Crippen molar-refractivity contribution in [2.24, 2.45) is 11.8 Å². The van der Waals surface area contributed by atoms with Crippen LogP contribution in [0.25, 0.3) is 0 Å². The lowest BCUT2D eigenvalue weighted by Gasteiger charge is -2.34. The van der Waals surface area contributed by atoms with Crippen molar-refractivity contribution < 1.29 is 14.3 Å². The molecule has 1 heterocycles. The maximum absolute atomic E-state index is 13.1. The Labute approximate surface area is 189 Å². The van der Waals surface area contributed by atoms with Crippen LogP contribution in [0.5, 0.6) is 5.75 Å². The molecular weight excluding hydrogens is 388 g/mol. The van der Waals surface area contributed by atoms with Crippen molar-refractivity contribution in [2.75, 3.05) is 32.1 Å². The van der Waals surface area contributed by atoms with E-state index >= 15 is 0 Å². The summed E-state index contributed by atoms with van der Waals surface area (Å²) in [4.78, 5) is 15.7. The molecule has 0 bridgehead atoms. The van der Waals surface area contributed by atoms with Gasteiger partial charge in [0.05, 0.1) is 6.61 Å². The number of piperidine rings is 1. The van der Waals surface area contributed by atoms with Crippen LogP contribution in [0.3, 0.4) is 0 Å². The van der Waals surface area contributed by atoms with E-state index in [1.165, 1.54) is 25.8 Å². The molecule has 1 N–H and O–H groups in total. The Kier molecular flexibility index (Phi) is 10.3. The molecule has 1 amide bonds. The Bertz CT molecular complexity index is 647. The first-order valence-corrected chi connectivity index (χ1v) is 12.1. The molecular formula is C26H44N2O3. The molecule has 176 valence electrons. The molecule has 1 atom stereocenters. The van der Waals surface area contributed by atoms with Crippen LogP contribution in [-0.4, -0.2) is 49.3 Å². The van der Waals surface area contributed by atoms with Gasteiger partial charge >= 0.3 is 0 Å². The number of amides is 1. The molecule has 1 aliphatic heterocycles. The lowest BCUT2D eigenvalue weighted by atomic mass is 9.84. The van der Waals surface area contributed by atoms with E-state index in [1.807, 2.05) is 24.3 Å². The first kappa shape index (κ1) is 25.7. The van der Waals surface area contributed by atoms with Gasteiger partial charge in [-0.1, -0.05) is 34.1 Å². The normalized spacial score (nSPS) is 17.9. The highest BCUT2D eigenvalue weighted by Gasteiger charge is 2.39. The highest BCUT2D eigenvalue weighted by molar-refractivity contribution is 5.97. The number of anilines is 1. The average molecular weight is 433 g/mol. The van der Waals surface area contributed by atoms with Crippen molar-refractivity contribution in [3.05, 3.63) is 24.3 Å². The van der Waals surface area contributed by atoms with Crippen molar-refractivity contribution in [1.82, 2.24) is 4.90 Å². The van der Waals surface area contributed by atoms with Crippen molar-refractivity contribution >= 4 is 11.6 Å². The minimum Gasteiger partial charge on any atom is -0.494 e. The topological polar surface area (TPSA) is 50.8 Å². The number of nitrogens with zero attached hydrogens (tertiary/aromatic N) is 1. The Hall–Kier alpha value is -1.59. The monoisotopic (exact) mass is 432 g/mol. The molecule has 0 spiro atoms. The Balaban J connectivity index is 1.86. The number of carbonyl (C=O) groups excluding carboxylic acids is 1. The average Bonchev–Trinajstić information content (AvgIpc) is 2.72. The van der Waals surface area contributed by atoms with Gasteiger partial charge in [-0.3, -0.25) is 4.79 Å². The maximum atomic E-state index is 13.1. The summed E-state index contributed by atoms with van der Waals surface area (Å²) in [6.07, 6.45) is 6.42. The molecule has 0 aromatic heterocycles. The lowest BCUT2D eigenvalue weighted by molar-refractivity contribution is -0.142. The van der Waals surface area contributed by atoms with E-state index in [-0.39, 0.29) is 5.91 Å². The number of hydrogen-bond acceptors (Lipinski definition) is 4. The Morgan fingerprint density at radius 1 is 1.13 bits per heavy atom. The van der Waals surface area contributed by atoms with E-state index in [9.17, 15) is 4.79 Å². The minimum absolute atomic E-state index is 0.0679. The van der Waals surface area contributed by atoms with E-state index in [4.69, 9.17) is 9.47 Å². The second-order valence-corrected chi connectivity index (χ2v) is 9.96. The van der Waals surface area contributed by atoms with Crippen LogP contribution < -0.4 is 10.1 Å². The summed E-state index contributed by atoms with van der Waals surface area (Å²) in [6, 6.07) is 8.37. The highest BCUT2D eigenvalue weighted by atomic mass is 16.5.